The second kappa shape index (κ2) is 4.91. The molecule has 1 saturated heterocycles. The maximum atomic E-state index is 5.69. The lowest BCUT2D eigenvalue weighted by Crippen LogP contribution is -2.44. The van der Waals surface area contributed by atoms with Gasteiger partial charge in [0.05, 0.1) is 18.9 Å². The molecule has 3 rings (SSSR count). The zero-order valence-electron chi connectivity index (χ0n) is 10.4. The summed E-state index contributed by atoms with van der Waals surface area (Å²) in [5, 5.41) is 7.47. The number of fused-ring (bicyclic) bond motifs is 1. The summed E-state index contributed by atoms with van der Waals surface area (Å²) in [6, 6.07) is 3.87. The number of anilines is 1. The number of nitrogens with one attached hydrogen (secondary N) is 1. The van der Waals surface area contributed by atoms with Crippen LogP contribution in [0.15, 0.2) is 24.5 Å². The molecule has 96 valence electrons. The highest BCUT2D eigenvalue weighted by atomic mass is 16.5. The summed E-state index contributed by atoms with van der Waals surface area (Å²) in [5.41, 5.74) is 0.863. The van der Waals surface area contributed by atoms with Gasteiger partial charge in [-0.1, -0.05) is 0 Å². The van der Waals surface area contributed by atoms with Gasteiger partial charge < -0.3 is 15.0 Å². The molecule has 0 radical (unpaired) electrons. The van der Waals surface area contributed by atoms with Crippen LogP contribution in [0.1, 0.15) is 0 Å². The molecule has 1 unspecified atom stereocenters. The van der Waals surface area contributed by atoms with Crippen molar-refractivity contribution in [3.63, 3.8) is 0 Å². The molecule has 1 N–H and O–H groups in total. The van der Waals surface area contributed by atoms with Gasteiger partial charge in [0, 0.05) is 38.9 Å². The Hall–Kier alpha value is -1.66. The van der Waals surface area contributed by atoms with Crippen LogP contribution in [0.5, 0.6) is 0 Å². The second-order valence-electron chi connectivity index (χ2n) is 4.50. The second-order valence-corrected chi connectivity index (χ2v) is 4.50. The lowest BCUT2D eigenvalue weighted by molar-refractivity contribution is 0.0339. The highest BCUT2D eigenvalue weighted by Gasteiger charge is 2.16. The molecule has 0 aliphatic carbocycles. The van der Waals surface area contributed by atoms with Crippen molar-refractivity contribution in [3.8, 4) is 0 Å². The third kappa shape index (κ3) is 2.30. The number of rotatable bonds is 3. The van der Waals surface area contributed by atoms with Crippen LogP contribution >= 0.6 is 0 Å². The summed E-state index contributed by atoms with van der Waals surface area (Å²) < 4.78 is 7.45. The fourth-order valence-corrected chi connectivity index (χ4v) is 2.15. The molecule has 0 amide bonds. The number of aromatic nitrogens is 3. The summed E-state index contributed by atoms with van der Waals surface area (Å²) in [4.78, 5) is 6.67. The third-order valence-corrected chi connectivity index (χ3v) is 3.12. The van der Waals surface area contributed by atoms with E-state index in [1.807, 2.05) is 25.4 Å². The smallest absolute Gasteiger partial charge is 0.157 e. The van der Waals surface area contributed by atoms with Crippen molar-refractivity contribution in [2.75, 3.05) is 38.2 Å². The fraction of sp³-hybridized carbons (Fsp3) is 0.500. The Kier molecular flexibility index (Phi) is 3.12. The SMILES string of the molecule is CN(CC1CNCCO1)c1ccn2nccc2n1. The summed E-state index contributed by atoms with van der Waals surface area (Å²) in [6.07, 6.45) is 3.90. The number of morpholine rings is 1. The molecule has 1 aliphatic rings. The average Bonchev–Trinajstić information content (AvgIpc) is 2.87. The minimum atomic E-state index is 0.228. The average molecular weight is 247 g/mol. The van der Waals surface area contributed by atoms with Crippen LogP contribution in [0.4, 0.5) is 5.82 Å². The van der Waals surface area contributed by atoms with Gasteiger partial charge in [-0.15, -0.1) is 0 Å². The van der Waals surface area contributed by atoms with Crippen molar-refractivity contribution in [3.05, 3.63) is 24.5 Å². The summed E-state index contributed by atoms with van der Waals surface area (Å²) in [7, 11) is 2.03. The molecule has 0 aromatic carbocycles. The lowest BCUT2D eigenvalue weighted by atomic mass is 10.3. The largest absolute Gasteiger partial charge is 0.374 e. The molecule has 1 aliphatic heterocycles. The minimum Gasteiger partial charge on any atom is -0.374 e. The van der Waals surface area contributed by atoms with E-state index in [1.54, 1.807) is 10.7 Å². The topological polar surface area (TPSA) is 54.7 Å². The van der Waals surface area contributed by atoms with Gasteiger partial charge in [0.25, 0.3) is 0 Å². The van der Waals surface area contributed by atoms with E-state index >= 15 is 0 Å². The van der Waals surface area contributed by atoms with Gasteiger partial charge >= 0.3 is 0 Å². The molecule has 1 fully saturated rings. The Bertz CT molecular complexity index is 520. The van der Waals surface area contributed by atoms with E-state index in [4.69, 9.17) is 4.74 Å². The number of nitrogens with zero attached hydrogens (tertiary/aromatic N) is 4. The first kappa shape index (κ1) is 11.4. The van der Waals surface area contributed by atoms with Gasteiger partial charge in [-0.05, 0) is 6.07 Å². The van der Waals surface area contributed by atoms with Gasteiger partial charge in [-0.3, -0.25) is 0 Å². The third-order valence-electron chi connectivity index (χ3n) is 3.12. The van der Waals surface area contributed by atoms with E-state index < -0.39 is 0 Å². The van der Waals surface area contributed by atoms with E-state index in [-0.39, 0.29) is 6.10 Å². The van der Waals surface area contributed by atoms with E-state index in [0.29, 0.717) is 0 Å². The zero-order valence-corrected chi connectivity index (χ0v) is 10.4. The molecule has 3 heterocycles. The fourth-order valence-electron chi connectivity index (χ4n) is 2.15. The number of ether oxygens (including phenoxy) is 1. The normalized spacial score (nSPS) is 20.2. The van der Waals surface area contributed by atoms with Gasteiger partial charge in [0.15, 0.2) is 5.65 Å². The molecule has 0 saturated carbocycles. The quantitative estimate of drug-likeness (QED) is 0.837. The predicted molar refractivity (Wildman–Crippen MR) is 68.9 cm³/mol. The summed E-state index contributed by atoms with van der Waals surface area (Å²) >= 11 is 0. The molecule has 18 heavy (non-hydrogen) atoms. The Morgan fingerprint density at radius 2 is 2.50 bits per heavy atom. The van der Waals surface area contributed by atoms with E-state index in [2.05, 4.69) is 20.3 Å². The Morgan fingerprint density at radius 1 is 1.56 bits per heavy atom. The van der Waals surface area contributed by atoms with Crippen molar-refractivity contribution in [2.45, 2.75) is 6.10 Å². The monoisotopic (exact) mass is 247 g/mol. The van der Waals surface area contributed by atoms with Crippen LogP contribution in [0.25, 0.3) is 5.65 Å². The summed E-state index contributed by atoms with van der Waals surface area (Å²) in [5.74, 6) is 0.942. The zero-order chi connectivity index (χ0) is 12.4. The van der Waals surface area contributed by atoms with Crippen LogP contribution in [0.3, 0.4) is 0 Å². The van der Waals surface area contributed by atoms with Gasteiger partial charge in [0.1, 0.15) is 5.82 Å². The van der Waals surface area contributed by atoms with Crippen LogP contribution in [0.2, 0.25) is 0 Å². The van der Waals surface area contributed by atoms with Gasteiger partial charge in [-0.25, -0.2) is 9.50 Å². The predicted octanol–water partition coefficient (Wildman–Crippen LogP) is 0.154. The van der Waals surface area contributed by atoms with Crippen LogP contribution in [0, 0.1) is 0 Å². The molecular formula is C12H17N5O. The Labute approximate surface area is 106 Å². The van der Waals surface area contributed by atoms with Gasteiger partial charge in [0.2, 0.25) is 0 Å². The van der Waals surface area contributed by atoms with E-state index in [1.165, 1.54) is 0 Å². The molecule has 2 aromatic heterocycles. The van der Waals surface area contributed by atoms with Crippen molar-refractivity contribution in [2.24, 2.45) is 0 Å². The van der Waals surface area contributed by atoms with Crippen molar-refractivity contribution in [1.29, 1.82) is 0 Å². The number of likely N-dealkylation sites (N-methyl/N-ethyl adjacent to an activating group) is 1. The number of hydrogen-bond acceptors (Lipinski definition) is 5. The molecular weight excluding hydrogens is 230 g/mol. The lowest BCUT2D eigenvalue weighted by Gasteiger charge is -2.28. The maximum Gasteiger partial charge on any atom is 0.157 e. The molecule has 0 spiro atoms. The van der Waals surface area contributed by atoms with E-state index in [9.17, 15) is 0 Å². The number of hydrogen-bond donors (Lipinski definition) is 1. The van der Waals surface area contributed by atoms with Crippen molar-refractivity contribution >= 4 is 11.5 Å². The molecule has 2 aromatic rings. The molecule has 1 atom stereocenters. The Morgan fingerprint density at radius 3 is 3.33 bits per heavy atom. The van der Waals surface area contributed by atoms with Crippen molar-refractivity contribution in [1.82, 2.24) is 19.9 Å². The maximum absolute atomic E-state index is 5.69. The van der Waals surface area contributed by atoms with Crippen LogP contribution in [-0.4, -0.2) is 54.0 Å². The standard InChI is InChI=1S/C12H17N5O/c1-16(9-10-8-13-5-7-18-10)11-3-6-17-12(15-11)2-4-14-17/h2-4,6,10,13H,5,7-9H2,1H3. The summed E-state index contributed by atoms with van der Waals surface area (Å²) in [6.45, 7) is 3.47. The van der Waals surface area contributed by atoms with Gasteiger partial charge in [-0.2, -0.15) is 5.10 Å². The molecule has 0 bridgehead atoms. The first-order valence-electron chi connectivity index (χ1n) is 6.17. The minimum absolute atomic E-state index is 0.228. The van der Waals surface area contributed by atoms with E-state index in [0.717, 1.165) is 37.7 Å². The van der Waals surface area contributed by atoms with Crippen molar-refractivity contribution < 1.29 is 4.74 Å². The first-order chi connectivity index (χ1) is 8.83. The highest BCUT2D eigenvalue weighted by molar-refractivity contribution is 5.46. The first-order valence-corrected chi connectivity index (χ1v) is 6.17. The highest BCUT2D eigenvalue weighted by Crippen LogP contribution is 2.11. The van der Waals surface area contributed by atoms with Crippen LogP contribution in [-0.2, 0) is 4.74 Å². The Balaban J connectivity index is 1.72. The molecule has 6 heteroatoms. The molecule has 6 nitrogen and oxygen atoms in total. The van der Waals surface area contributed by atoms with Crippen LogP contribution < -0.4 is 10.2 Å².